The van der Waals surface area contributed by atoms with Gasteiger partial charge in [-0.3, -0.25) is 9.59 Å². The molecule has 2 rings (SSSR count). The van der Waals surface area contributed by atoms with Crippen LogP contribution in [0.2, 0.25) is 0 Å². The van der Waals surface area contributed by atoms with Gasteiger partial charge < -0.3 is 10.6 Å². The summed E-state index contributed by atoms with van der Waals surface area (Å²) in [5.41, 5.74) is 0.0930. The van der Waals surface area contributed by atoms with E-state index in [1.165, 1.54) is 31.2 Å². The van der Waals surface area contributed by atoms with E-state index in [0.29, 0.717) is 11.8 Å². The minimum absolute atomic E-state index is 0.0208. The number of anilines is 1. The topological polar surface area (TPSA) is 92.3 Å². The molecule has 0 aliphatic rings. The van der Waals surface area contributed by atoms with Crippen molar-refractivity contribution >= 4 is 27.3 Å². The Morgan fingerprint density at radius 1 is 1.04 bits per heavy atom. The second-order valence-electron chi connectivity index (χ2n) is 5.61. The van der Waals surface area contributed by atoms with E-state index in [1.807, 2.05) is 0 Å². The van der Waals surface area contributed by atoms with Gasteiger partial charge in [-0.05, 0) is 36.4 Å². The average molecular weight is 396 g/mol. The number of sulfone groups is 1. The molecule has 144 valence electrons. The van der Waals surface area contributed by atoms with E-state index in [0.717, 1.165) is 12.1 Å². The zero-order valence-electron chi connectivity index (χ0n) is 14.5. The lowest BCUT2D eigenvalue weighted by Crippen LogP contribution is -2.28. The van der Waals surface area contributed by atoms with Crippen molar-refractivity contribution < 1.29 is 26.8 Å². The van der Waals surface area contributed by atoms with Gasteiger partial charge in [0.1, 0.15) is 11.6 Å². The first-order chi connectivity index (χ1) is 12.7. The Morgan fingerprint density at radius 2 is 1.70 bits per heavy atom. The summed E-state index contributed by atoms with van der Waals surface area (Å²) >= 11 is 0. The normalized spacial score (nSPS) is 11.1. The second-order valence-corrected chi connectivity index (χ2v) is 7.88. The van der Waals surface area contributed by atoms with Crippen LogP contribution in [0.3, 0.4) is 0 Å². The number of nitrogens with one attached hydrogen (secondary N) is 2. The van der Waals surface area contributed by atoms with Crippen LogP contribution in [0, 0.1) is 11.6 Å². The van der Waals surface area contributed by atoms with Gasteiger partial charge in [-0.15, -0.1) is 0 Å². The van der Waals surface area contributed by atoms with E-state index in [2.05, 4.69) is 10.6 Å². The van der Waals surface area contributed by atoms with Gasteiger partial charge in [0.25, 0.3) is 5.91 Å². The molecule has 2 aromatic rings. The molecular weight excluding hydrogens is 378 g/mol. The molecule has 6 nitrogen and oxygen atoms in total. The SMILES string of the molecule is CCS(=O)(=O)c1ccc(NC(=O)CCNC(=O)c2ccc(F)cc2F)cc1. The standard InChI is InChI=1S/C18H18F2N2O4S/c1-2-27(25,26)14-6-4-13(5-7-14)22-17(23)9-10-21-18(24)15-8-3-12(19)11-16(15)20/h3-8,11H,2,9-10H2,1H3,(H,21,24)(H,22,23). The maximum Gasteiger partial charge on any atom is 0.254 e. The molecule has 0 unspecified atom stereocenters. The molecule has 0 atom stereocenters. The molecule has 2 amide bonds. The highest BCUT2D eigenvalue weighted by molar-refractivity contribution is 7.91. The van der Waals surface area contributed by atoms with Gasteiger partial charge in [0.05, 0.1) is 16.2 Å². The number of carbonyl (C=O) groups excluding carboxylic acids is 2. The van der Waals surface area contributed by atoms with Crippen LogP contribution in [0.4, 0.5) is 14.5 Å². The number of hydrogen-bond donors (Lipinski definition) is 2. The van der Waals surface area contributed by atoms with E-state index >= 15 is 0 Å². The lowest BCUT2D eigenvalue weighted by atomic mass is 10.2. The summed E-state index contributed by atoms with van der Waals surface area (Å²) in [4.78, 5) is 23.9. The van der Waals surface area contributed by atoms with Crippen molar-refractivity contribution in [2.24, 2.45) is 0 Å². The fourth-order valence-corrected chi connectivity index (χ4v) is 3.08. The largest absolute Gasteiger partial charge is 0.351 e. The summed E-state index contributed by atoms with van der Waals surface area (Å²) in [6.07, 6.45) is -0.0798. The molecule has 2 N–H and O–H groups in total. The molecule has 0 heterocycles. The van der Waals surface area contributed by atoms with Crippen molar-refractivity contribution in [1.82, 2.24) is 5.32 Å². The smallest absolute Gasteiger partial charge is 0.254 e. The highest BCUT2D eigenvalue weighted by Gasteiger charge is 2.13. The molecular formula is C18H18F2N2O4S. The molecule has 0 fully saturated rings. The Kier molecular flexibility index (Phi) is 6.62. The fraction of sp³-hybridized carbons (Fsp3) is 0.222. The summed E-state index contributed by atoms with van der Waals surface area (Å²) < 4.78 is 49.8. The molecule has 9 heteroatoms. The number of carbonyl (C=O) groups is 2. The van der Waals surface area contributed by atoms with Crippen LogP contribution in [-0.2, 0) is 14.6 Å². The van der Waals surface area contributed by atoms with Crippen LogP contribution >= 0.6 is 0 Å². The van der Waals surface area contributed by atoms with Crippen LogP contribution < -0.4 is 10.6 Å². The first-order valence-corrected chi connectivity index (χ1v) is 9.74. The molecule has 27 heavy (non-hydrogen) atoms. The molecule has 0 aliphatic carbocycles. The first-order valence-electron chi connectivity index (χ1n) is 8.09. The highest BCUT2D eigenvalue weighted by Crippen LogP contribution is 2.15. The Balaban J connectivity index is 1.85. The number of rotatable bonds is 7. The quantitative estimate of drug-likeness (QED) is 0.752. The van der Waals surface area contributed by atoms with E-state index in [1.54, 1.807) is 0 Å². The molecule has 0 saturated carbocycles. The van der Waals surface area contributed by atoms with E-state index in [4.69, 9.17) is 0 Å². The monoisotopic (exact) mass is 396 g/mol. The molecule has 0 radical (unpaired) electrons. The van der Waals surface area contributed by atoms with E-state index in [9.17, 15) is 26.8 Å². The maximum absolute atomic E-state index is 13.5. The van der Waals surface area contributed by atoms with Gasteiger partial charge in [-0.25, -0.2) is 17.2 Å². The van der Waals surface area contributed by atoms with Crippen LogP contribution in [0.5, 0.6) is 0 Å². The predicted molar refractivity (Wildman–Crippen MR) is 96.1 cm³/mol. The Labute approximate surface area is 155 Å². The van der Waals surface area contributed by atoms with Gasteiger partial charge in [0.15, 0.2) is 9.84 Å². The van der Waals surface area contributed by atoms with Crippen molar-refractivity contribution in [3.05, 3.63) is 59.7 Å². The van der Waals surface area contributed by atoms with Crippen molar-refractivity contribution in [1.29, 1.82) is 0 Å². The molecule has 2 aromatic carbocycles. The van der Waals surface area contributed by atoms with Crippen LogP contribution in [0.1, 0.15) is 23.7 Å². The minimum atomic E-state index is -3.31. The Hall–Kier alpha value is -2.81. The van der Waals surface area contributed by atoms with Crippen LogP contribution in [0.15, 0.2) is 47.4 Å². The lowest BCUT2D eigenvalue weighted by Gasteiger charge is -2.08. The number of hydrogen-bond acceptors (Lipinski definition) is 4. The molecule has 0 bridgehead atoms. The average Bonchev–Trinajstić information content (AvgIpc) is 2.62. The number of benzene rings is 2. The van der Waals surface area contributed by atoms with Crippen molar-refractivity contribution in [2.75, 3.05) is 17.6 Å². The van der Waals surface area contributed by atoms with Gasteiger partial charge in [-0.2, -0.15) is 0 Å². The number of amides is 2. The van der Waals surface area contributed by atoms with Crippen molar-refractivity contribution in [3.8, 4) is 0 Å². The molecule has 0 aliphatic heterocycles. The Morgan fingerprint density at radius 3 is 2.30 bits per heavy atom. The van der Waals surface area contributed by atoms with E-state index in [-0.39, 0.29) is 29.2 Å². The maximum atomic E-state index is 13.5. The molecule has 0 aromatic heterocycles. The summed E-state index contributed by atoms with van der Waals surface area (Å²) in [6, 6.07) is 8.31. The Bertz CT molecular complexity index is 944. The number of halogens is 2. The third kappa shape index (κ3) is 5.58. The molecule has 0 saturated heterocycles. The minimum Gasteiger partial charge on any atom is -0.351 e. The summed E-state index contributed by atoms with van der Waals surface area (Å²) in [5, 5.41) is 4.93. The van der Waals surface area contributed by atoms with Crippen LogP contribution in [-0.4, -0.2) is 32.5 Å². The summed E-state index contributed by atoms with van der Waals surface area (Å²) in [6.45, 7) is 1.49. The highest BCUT2D eigenvalue weighted by atomic mass is 32.2. The summed E-state index contributed by atoms with van der Waals surface area (Å²) in [7, 11) is -3.31. The van der Waals surface area contributed by atoms with Crippen LogP contribution in [0.25, 0.3) is 0 Å². The third-order valence-corrected chi connectivity index (χ3v) is 5.44. The third-order valence-electron chi connectivity index (χ3n) is 3.69. The first kappa shape index (κ1) is 20.5. The second kappa shape index (κ2) is 8.72. The zero-order valence-corrected chi connectivity index (χ0v) is 15.3. The van der Waals surface area contributed by atoms with Crippen molar-refractivity contribution in [3.63, 3.8) is 0 Å². The zero-order chi connectivity index (χ0) is 20.0. The fourth-order valence-electron chi connectivity index (χ4n) is 2.19. The van der Waals surface area contributed by atoms with Gasteiger partial charge >= 0.3 is 0 Å². The van der Waals surface area contributed by atoms with Gasteiger partial charge in [0.2, 0.25) is 5.91 Å². The summed E-state index contributed by atoms with van der Waals surface area (Å²) in [5.74, 6) is -2.97. The predicted octanol–water partition coefficient (Wildman–Crippen LogP) is 2.52. The molecule has 0 spiro atoms. The van der Waals surface area contributed by atoms with Gasteiger partial charge in [0, 0.05) is 24.7 Å². The van der Waals surface area contributed by atoms with E-state index < -0.39 is 33.3 Å². The van der Waals surface area contributed by atoms with Crippen molar-refractivity contribution in [2.45, 2.75) is 18.2 Å². The lowest BCUT2D eigenvalue weighted by molar-refractivity contribution is -0.116. The van der Waals surface area contributed by atoms with Gasteiger partial charge in [-0.1, -0.05) is 6.92 Å².